The Labute approximate surface area is 216 Å². The van der Waals surface area contributed by atoms with Crippen LogP contribution in [0.1, 0.15) is 75.9 Å². The molecular formula is C24H29F3N4O3S2. The molecule has 1 N–H and O–H groups in total. The molecule has 0 spiro atoms. The summed E-state index contributed by atoms with van der Waals surface area (Å²) in [5.74, 6) is -3.82. The number of pyridine rings is 1. The van der Waals surface area contributed by atoms with E-state index in [1.807, 2.05) is 11.4 Å². The Morgan fingerprint density at radius 3 is 2.58 bits per heavy atom. The van der Waals surface area contributed by atoms with Crippen molar-refractivity contribution in [2.24, 2.45) is 0 Å². The molecule has 0 amide bonds. The molecule has 0 radical (unpaired) electrons. The Hall–Kier alpha value is -2.49. The van der Waals surface area contributed by atoms with Gasteiger partial charge in [0.05, 0.1) is 17.0 Å². The average Bonchev–Trinajstić information content (AvgIpc) is 3.26. The molecule has 2 rings (SSSR count). The smallest absolute Gasteiger partial charge is 0.385 e. The molecule has 0 aliphatic rings. The van der Waals surface area contributed by atoms with Crippen LogP contribution in [0, 0.1) is 11.3 Å². The number of carbonyl (C=O) groups is 2. The summed E-state index contributed by atoms with van der Waals surface area (Å²) < 4.78 is 40.2. The van der Waals surface area contributed by atoms with Crippen LogP contribution in [0.2, 0.25) is 0 Å². The van der Waals surface area contributed by atoms with Crippen LogP contribution in [0.25, 0.3) is 0 Å². The van der Waals surface area contributed by atoms with Crippen molar-refractivity contribution in [3.63, 3.8) is 0 Å². The van der Waals surface area contributed by atoms with Gasteiger partial charge in [-0.25, -0.2) is 9.78 Å². The third-order valence-electron chi connectivity index (χ3n) is 5.17. The number of rotatable bonds is 13. The molecule has 12 heteroatoms. The highest BCUT2D eigenvalue weighted by molar-refractivity contribution is 8.03. The number of nitrogens with one attached hydrogen (secondary N) is 1. The molecule has 36 heavy (non-hydrogen) atoms. The predicted molar refractivity (Wildman–Crippen MR) is 131 cm³/mol. The molecule has 0 saturated heterocycles. The highest BCUT2D eigenvalue weighted by Gasteiger charge is 2.45. The third-order valence-corrected chi connectivity index (χ3v) is 7.34. The van der Waals surface area contributed by atoms with Crippen LogP contribution in [0.3, 0.4) is 0 Å². The van der Waals surface area contributed by atoms with Gasteiger partial charge >= 0.3 is 18.1 Å². The zero-order valence-corrected chi connectivity index (χ0v) is 22.0. The fourth-order valence-electron chi connectivity index (χ4n) is 3.16. The number of esters is 2. The fraction of sp³-hybridized carbons (Fsp3) is 0.542. The molecule has 0 bridgehead atoms. The van der Waals surface area contributed by atoms with Crippen molar-refractivity contribution in [3.8, 4) is 6.07 Å². The normalized spacial score (nSPS) is 12.7. The molecule has 1 unspecified atom stereocenters. The predicted octanol–water partition coefficient (Wildman–Crippen LogP) is 5.76. The van der Waals surface area contributed by atoms with Crippen molar-refractivity contribution in [1.29, 1.82) is 5.26 Å². The number of ether oxygens (including phenoxy) is 1. The monoisotopic (exact) mass is 542 g/mol. The highest BCUT2D eigenvalue weighted by Crippen LogP contribution is 2.36. The van der Waals surface area contributed by atoms with E-state index >= 15 is 0 Å². The highest BCUT2D eigenvalue weighted by atomic mass is 32.2. The van der Waals surface area contributed by atoms with Gasteiger partial charge in [0, 0.05) is 30.6 Å². The Balaban J connectivity index is 1.93. The first-order chi connectivity index (χ1) is 17.0. The van der Waals surface area contributed by atoms with Crippen LogP contribution in [0.5, 0.6) is 0 Å². The van der Waals surface area contributed by atoms with Crippen molar-refractivity contribution in [2.45, 2.75) is 80.6 Å². The molecule has 0 saturated carbocycles. The van der Waals surface area contributed by atoms with E-state index in [9.17, 15) is 22.8 Å². The van der Waals surface area contributed by atoms with Crippen LogP contribution in [0.15, 0.2) is 28.0 Å². The summed E-state index contributed by atoms with van der Waals surface area (Å²) in [4.78, 5) is 31.9. The second kappa shape index (κ2) is 13.7. The van der Waals surface area contributed by atoms with E-state index in [-0.39, 0.29) is 6.04 Å². The minimum absolute atomic E-state index is 0.0296. The SMILES string of the molecule is CCCCCCC(NCCc1csc(SC(C)(C)C(=O)OC(=O)C(F)(F)F)n1)c1ccc(C#N)cn1. The van der Waals surface area contributed by atoms with Crippen molar-refractivity contribution in [1.82, 2.24) is 15.3 Å². The maximum absolute atomic E-state index is 12.4. The van der Waals surface area contributed by atoms with Crippen molar-refractivity contribution < 1.29 is 27.5 Å². The molecule has 0 aliphatic carbocycles. The maximum atomic E-state index is 12.4. The number of nitriles is 1. The number of alkyl halides is 3. The number of carbonyl (C=O) groups excluding carboxylic acids is 2. The van der Waals surface area contributed by atoms with Gasteiger partial charge in [0.1, 0.15) is 10.8 Å². The Morgan fingerprint density at radius 1 is 1.22 bits per heavy atom. The molecule has 7 nitrogen and oxygen atoms in total. The fourth-order valence-corrected chi connectivity index (χ4v) is 5.42. The Morgan fingerprint density at radius 2 is 1.97 bits per heavy atom. The summed E-state index contributed by atoms with van der Waals surface area (Å²) in [6.07, 6.45) is 2.32. The number of unbranched alkanes of at least 4 members (excludes halogenated alkanes) is 3. The lowest BCUT2D eigenvalue weighted by Gasteiger charge is -2.20. The number of hydrogen-bond acceptors (Lipinski definition) is 9. The van der Waals surface area contributed by atoms with Crippen molar-refractivity contribution in [2.75, 3.05) is 6.54 Å². The summed E-state index contributed by atoms with van der Waals surface area (Å²) in [5, 5.41) is 14.3. The van der Waals surface area contributed by atoms with Gasteiger partial charge in [-0.15, -0.1) is 11.3 Å². The van der Waals surface area contributed by atoms with E-state index < -0.39 is 22.9 Å². The lowest BCUT2D eigenvalue weighted by Crippen LogP contribution is -2.36. The summed E-state index contributed by atoms with van der Waals surface area (Å²) in [7, 11) is 0. The molecule has 2 aromatic rings. The van der Waals surface area contributed by atoms with E-state index in [4.69, 9.17) is 5.26 Å². The van der Waals surface area contributed by atoms with Gasteiger partial charge in [-0.3, -0.25) is 9.78 Å². The molecule has 2 heterocycles. The zero-order valence-electron chi connectivity index (χ0n) is 20.4. The number of thiazole rings is 1. The van der Waals surface area contributed by atoms with Gasteiger partial charge in [-0.05, 0) is 32.4 Å². The third kappa shape index (κ3) is 9.52. The zero-order chi connectivity index (χ0) is 26.8. The largest absolute Gasteiger partial charge is 0.491 e. The number of hydrogen-bond donors (Lipinski definition) is 1. The number of halogens is 3. The Bertz CT molecular complexity index is 1050. The topological polar surface area (TPSA) is 105 Å². The quantitative estimate of drug-likeness (QED) is 0.148. The van der Waals surface area contributed by atoms with E-state index in [1.54, 1.807) is 12.3 Å². The standard InChI is InChI=1S/C24H29F3N4O3S2/c1-4-5-6-7-8-18(19-10-9-16(13-28)14-30-19)29-12-11-17-15-35-22(31-17)36-23(2,3)20(32)34-21(33)24(25,26)27/h9-10,14-15,18,29H,4-8,11-12H2,1-3H3. The molecule has 196 valence electrons. The van der Waals surface area contributed by atoms with E-state index in [0.29, 0.717) is 22.9 Å². The van der Waals surface area contributed by atoms with E-state index in [0.717, 1.165) is 48.8 Å². The van der Waals surface area contributed by atoms with Crippen LogP contribution < -0.4 is 5.32 Å². The first-order valence-corrected chi connectivity index (χ1v) is 13.2. The summed E-state index contributed by atoms with van der Waals surface area (Å²) >= 11 is 2.20. The van der Waals surface area contributed by atoms with Gasteiger partial charge in [0.2, 0.25) is 0 Å². The first kappa shape index (κ1) is 29.7. The molecule has 0 aromatic carbocycles. The summed E-state index contributed by atoms with van der Waals surface area (Å²) in [6.45, 7) is 5.52. The van der Waals surface area contributed by atoms with Gasteiger partial charge in [-0.1, -0.05) is 44.4 Å². The lowest BCUT2D eigenvalue weighted by atomic mass is 10.0. The van der Waals surface area contributed by atoms with E-state index in [1.165, 1.54) is 31.6 Å². The van der Waals surface area contributed by atoms with Crippen molar-refractivity contribution >= 4 is 35.0 Å². The summed E-state index contributed by atoms with van der Waals surface area (Å²) in [6, 6.07) is 5.71. The number of aromatic nitrogens is 2. The minimum Gasteiger partial charge on any atom is -0.385 e. The first-order valence-electron chi connectivity index (χ1n) is 11.5. The molecule has 1 atom stereocenters. The number of thioether (sulfide) groups is 1. The lowest BCUT2D eigenvalue weighted by molar-refractivity contribution is -0.202. The van der Waals surface area contributed by atoms with Gasteiger partial charge in [0.15, 0.2) is 4.34 Å². The van der Waals surface area contributed by atoms with Crippen LogP contribution >= 0.6 is 23.1 Å². The minimum atomic E-state index is -5.24. The maximum Gasteiger partial charge on any atom is 0.491 e. The van der Waals surface area contributed by atoms with E-state index in [2.05, 4.69) is 33.0 Å². The summed E-state index contributed by atoms with van der Waals surface area (Å²) in [5.41, 5.74) is 2.14. The van der Waals surface area contributed by atoms with Crippen LogP contribution in [-0.4, -0.2) is 39.4 Å². The van der Waals surface area contributed by atoms with Crippen molar-refractivity contribution in [3.05, 3.63) is 40.7 Å². The van der Waals surface area contributed by atoms with Gasteiger partial charge in [-0.2, -0.15) is 18.4 Å². The molecule has 2 aromatic heterocycles. The second-order valence-corrected chi connectivity index (χ2v) is 11.3. The van der Waals surface area contributed by atoms with Crippen LogP contribution in [0.4, 0.5) is 13.2 Å². The average molecular weight is 543 g/mol. The van der Waals surface area contributed by atoms with Gasteiger partial charge < -0.3 is 10.1 Å². The molecule has 0 fully saturated rings. The van der Waals surface area contributed by atoms with Gasteiger partial charge in [0.25, 0.3) is 0 Å². The number of nitrogens with zero attached hydrogens (tertiary/aromatic N) is 3. The molecular weight excluding hydrogens is 513 g/mol. The van der Waals surface area contributed by atoms with Crippen LogP contribution in [-0.2, 0) is 20.7 Å². The molecule has 0 aliphatic heterocycles. The Kier molecular flexibility index (Phi) is 11.3. The second-order valence-electron chi connectivity index (χ2n) is 8.58.